The molecule has 0 unspecified atom stereocenters. The van der Waals surface area contributed by atoms with Crippen molar-refractivity contribution >= 4 is 0 Å². The molecule has 1 aromatic rings. The monoisotopic (exact) mass is 180 g/mol. The van der Waals surface area contributed by atoms with E-state index in [1.165, 1.54) is 5.01 Å². The molecule has 0 saturated heterocycles. The van der Waals surface area contributed by atoms with Crippen LogP contribution in [0, 0.1) is 0 Å². The van der Waals surface area contributed by atoms with Crippen LogP contribution in [-0.2, 0) is 6.18 Å². The van der Waals surface area contributed by atoms with E-state index in [0.29, 0.717) is 0 Å². The zero-order chi connectivity index (χ0) is 9.35. The summed E-state index contributed by atoms with van der Waals surface area (Å²) in [6.45, 7) is 0. The van der Waals surface area contributed by atoms with Crippen LogP contribution >= 0.6 is 0 Å². The lowest BCUT2D eigenvalue weighted by molar-refractivity contribution is -0.141. The number of hydrogen-bond donors (Lipinski definition) is 0. The van der Waals surface area contributed by atoms with Crippen molar-refractivity contribution in [1.29, 1.82) is 0 Å². The Kier molecular flexibility index (Phi) is 1.95. The van der Waals surface area contributed by atoms with E-state index in [4.69, 9.17) is 0 Å². The lowest BCUT2D eigenvalue weighted by Gasteiger charge is -2.09. The Morgan fingerprint density at radius 3 is 2.25 bits per heavy atom. The molecule has 12 heavy (non-hydrogen) atoms. The van der Waals surface area contributed by atoms with Gasteiger partial charge in [0, 0.05) is 14.1 Å². The number of hydrogen-bond acceptors (Lipinski definition) is 3. The van der Waals surface area contributed by atoms with E-state index in [0.717, 1.165) is 11.0 Å². The van der Waals surface area contributed by atoms with Crippen molar-refractivity contribution in [2.75, 3.05) is 19.1 Å². The van der Waals surface area contributed by atoms with Gasteiger partial charge in [0.2, 0.25) is 0 Å². The molecule has 0 aliphatic heterocycles. The summed E-state index contributed by atoms with van der Waals surface area (Å²) >= 11 is 0. The molecular formula is C5H7F3N4. The van der Waals surface area contributed by atoms with Crippen LogP contribution < -0.4 is 5.01 Å². The SMILES string of the molecule is CN(C)n1cc(C(F)(F)F)nn1. The van der Waals surface area contributed by atoms with Crippen LogP contribution in [0.25, 0.3) is 0 Å². The maximum absolute atomic E-state index is 11.9. The first-order valence-corrected chi connectivity index (χ1v) is 3.08. The standard InChI is InChI=1S/C5H7F3N4/c1-11(2)12-3-4(9-10-12)5(6,7)8/h3H,1-2H3. The van der Waals surface area contributed by atoms with Gasteiger partial charge in [-0.3, -0.25) is 0 Å². The molecule has 0 spiro atoms. The van der Waals surface area contributed by atoms with Gasteiger partial charge in [-0.1, -0.05) is 0 Å². The average Bonchev–Trinajstić information content (AvgIpc) is 2.30. The first kappa shape index (κ1) is 8.82. The van der Waals surface area contributed by atoms with Crippen molar-refractivity contribution in [2.24, 2.45) is 0 Å². The maximum atomic E-state index is 11.9. The van der Waals surface area contributed by atoms with Crippen LogP contribution in [0.2, 0.25) is 0 Å². The molecule has 0 saturated carbocycles. The highest BCUT2D eigenvalue weighted by atomic mass is 19.4. The fraction of sp³-hybridized carbons (Fsp3) is 0.600. The summed E-state index contributed by atoms with van der Waals surface area (Å²) < 4.78 is 35.8. The van der Waals surface area contributed by atoms with E-state index in [1.807, 2.05) is 0 Å². The van der Waals surface area contributed by atoms with Crippen LogP contribution in [-0.4, -0.2) is 29.2 Å². The van der Waals surface area contributed by atoms with Gasteiger partial charge in [-0.2, -0.15) is 18.0 Å². The van der Waals surface area contributed by atoms with E-state index in [9.17, 15) is 13.2 Å². The molecule has 1 heterocycles. The molecule has 0 aliphatic carbocycles. The molecule has 1 rings (SSSR count). The Labute approximate surface area is 66.5 Å². The molecule has 0 fully saturated rings. The van der Waals surface area contributed by atoms with Crippen molar-refractivity contribution in [3.8, 4) is 0 Å². The van der Waals surface area contributed by atoms with E-state index in [2.05, 4.69) is 10.3 Å². The second-order valence-electron chi connectivity index (χ2n) is 2.37. The molecule has 0 amide bonds. The van der Waals surface area contributed by atoms with Gasteiger partial charge in [-0.05, 0) is 5.21 Å². The minimum absolute atomic E-state index is 0.819. The highest BCUT2D eigenvalue weighted by Crippen LogP contribution is 2.26. The Hall–Kier alpha value is -1.27. The summed E-state index contributed by atoms with van der Waals surface area (Å²) in [5, 5.41) is 7.59. The summed E-state index contributed by atoms with van der Waals surface area (Å²) in [5.41, 5.74) is -0.990. The van der Waals surface area contributed by atoms with Gasteiger partial charge in [0.1, 0.15) is 0 Å². The summed E-state index contributed by atoms with van der Waals surface area (Å²) in [6, 6.07) is 0. The second kappa shape index (κ2) is 2.65. The van der Waals surface area contributed by atoms with Crippen LogP contribution in [0.4, 0.5) is 13.2 Å². The number of rotatable bonds is 1. The summed E-state index contributed by atoms with van der Waals surface area (Å²) in [4.78, 5) is 1.00. The lowest BCUT2D eigenvalue weighted by Crippen LogP contribution is -2.25. The molecule has 0 aliphatic rings. The van der Waals surface area contributed by atoms with Gasteiger partial charge < -0.3 is 5.01 Å². The van der Waals surface area contributed by atoms with Crippen molar-refractivity contribution in [3.05, 3.63) is 11.9 Å². The lowest BCUT2D eigenvalue weighted by atomic mass is 10.5. The molecule has 68 valence electrons. The van der Waals surface area contributed by atoms with Gasteiger partial charge >= 0.3 is 6.18 Å². The van der Waals surface area contributed by atoms with Crippen molar-refractivity contribution in [2.45, 2.75) is 6.18 Å². The number of alkyl halides is 3. The Bertz CT molecular complexity index is 264. The quantitative estimate of drug-likeness (QED) is 0.630. The summed E-state index contributed by atoms with van der Waals surface area (Å²) in [7, 11) is 3.13. The van der Waals surface area contributed by atoms with Gasteiger partial charge in [-0.15, -0.1) is 5.10 Å². The second-order valence-corrected chi connectivity index (χ2v) is 2.37. The molecule has 0 N–H and O–H groups in total. The largest absolute Gasteiger partial charge is 0.436 e. The van der Waals surface area contributed by atoms with E-state index >= 15 is 0 Å². The minimum Gasteiger partial charge on any atom is -0.302 e. The first-order chi connectivity index (χ1) is 5.41. The fourth-order valence-corrected chi connectivity index (χ4v) is 0.580. The molecule has 4 nitrogen and oxygen atoms in total. The normalized spacial score (nSPS) is 11.8. The fourth-order valence-electron chi connectivity index (χ4n) is 0.580. The van der Waals surface area contributed by atoms with Crippen LogP contribution in [0.15, 0.2) is 6.20 Å². The van der Waals surface area contributed by atoms with Crippen molar-refractivity contribution in [1.82, 2.24) is 15.1 Å². The molecule has 7 heteroatoms. The van der Waals surface area contributed by atoms with Gasteiger partial charge in [0.15, 0.2) is 5.69 Å². The van der Waals surface area contributed by atoms with Crippen molar-refractivity contribution in [3.63, 3.8) is 0 Å². The Balaban J connectivity index is 2.92. The van der Waals surface area contributed by atoms with E-state index < -0.39 is 11.9 Å². The van der Waals surface area contributed by atoms with E-state index in [-0.39, 0.29) is 0 Å². The van der Waals surface area contributed by atoms with Crippen LogP contribution in [0.3, 0.4) is 0 Å². The minimum atomic E-state index is -4.42. The summed E-state index contributed by atoms with van der Waals surface area (Å²) in [5.74, 6) is 0. The highest BCUT2D eigenvalue weighted by Gasteiger charge is 2.34. The maximum Gasteiger partial charge on any atom is 0.436 e. The molecule has 0 radical (unpaired) electrons. The smallest absolute Gasteiger partial charge is 0.302 e. The van der Waals surface area contributed by atoms with Gasteiger partial charge in [0.05, 0.1) is 6.20 Å². The molecular weight excluding hydrogens is 173 g/mol. The van der Waals surface area contributed by atoms with Gasteiger partial charge in [-0.25, -0.2) is 0 Å². The van der Waals surface area contributed by atoms with Crippen LogP contribution in [0.1, 0.15) is 5.69 Å². The van der Waals surface area contributed by atoms with E-state index in [1.54, 1.807) is 14.1 Å². The number of aromatic nitrogens is 3. The number of nitrogens with zero attached hydrogens (tertiary/aromatic N) is 4. The molecule has 0 atom stereocenters. The Morgan fingerprint density at radius 1 is 1.42 bits per heavy atom. The molecule has 0 bridgehead atoms. The predicted octanol–water partition coefficient (Wildman–Crippen LogP) is 0.494. The zero-order valence-corrected chi connectivity index (χ0v) is 6.50. The molecule has 1 aromatic heterocycles. The third-order valence-corrected chi connectivity index (χ3v) is 1.18. The topological polar surface area (TPSA) is 34.0 Å². The first-order valence-electron chi connectivity index (χ1n) is 3.08. The summed E-state index contributed by atoms with van der Waals surface area (Å²) in [6.07, 6.45) is -3.60. The molecule has 0 aromatic carbocycles. The zero-order valence-electron chi connectivity index (χ0n) is 6.50. The Morgan fingerprint density at radius 2 is 2.00 bits per heavy atom. The number of halogens is 3. The third kappa shape index (κ3) is 1.66. The van der Waals surface area contributed by atoms with Gasteiger partial charge in [0.25, 0.3) is 0 Å². The predicted molar refractivity (Wildman–Crippen MR) is 35.1 cm³/mol. The van der Waals surface area contributed by atoms with Crippen LogP contribution in [0.5, 0.6) is 0 Å². The average molecular weight is 180 g/mol. The third-order valence-electron chi connectivity index (χ3n) is 1.18. The van der Waals surface area contributed by atoms with Crippen molar-refractivity contribution < 1.29 is 13.2 Å². The highest BCUT2D eigenvalue weighted by molar-refractivity contribution is 4.98.